The van der Waals surface area contributed by atoms with Gasteiger partial charge in [-0.3, -0.25) is 9.36 Å². The Labute approximate surface area is 108 Å². The first kappa shape index (κ1) is 10.3. The summed E-state index contributed by atoms with van der Waals surface area (Å²) < 4.78 is 3.91. The van der Waals surface area contributed by atoms with E-state index in [1.807, 2.05) is 34.9 Å². The van der Waals surface area contributed by atoms with Gasteiger partial charge in [0, 0.05) is 5.69 Å². The second-order valence-corrected chi connectivity index (χ2v) is 7.19. The predicted molar refractivity (Wildman–Crippen MR) is 74.0 cm³/mol. The van der Waals surface area contributed by atoms with Crippen molar-refractivity contribution in [1.82, 2.24) is 4.57 Å². The highest BCUT2D eigenvalue weighted by Gasteiger charge is 2.10. The van der Waals surface area contributed by atoms with E-state index in [0.29, 0.717) is 0 Å². The summed E-state index contributed by atoms with van der Waals surface area (Å²) >= 11 is 9.37. The van der Waals surface area contributed by atoms with Crippen LogP contribution < -0.4 is 4.06 Å². The van der Waals surface area contributed by atoms with Gasteiger partial charge in [0.2, 0.25) is 0 Å². The number of aromatic nitrogens is 1. The Kier molecular flexibility index (Phi) is 2.51. The molecule has 0 radical (unpaired) electrons. The molecule has 0 saturated carbocycles. The molecule has 0 saturated heterocycles. The second-order valence-electron chi connectivity index (χ2n) is 3.09. The van der Waals surface area contributed by atoms with Crippen molar-refractivity contribution < 1.29 is 0 Å². The van der Waals surface area contributed by atoms with E-state index in [1.165, 1.54) is 34.0 Å². The Bertz CT molecular complexity index is 746. The fraction of sp³-hybridized carbons (Fsp3) is 0. The Hall–Kier alpha value is -0.820. The monoisotopic (exact) mass is 283 g/mol. The molecule has 0 atom stereocenters. The van der Waals surface area contributed by atoms with Crippen LogP contribution in [0.25, 0.3) is 14.5 Å². The van der Waals surface area contributed by atoms with Gasteiger partial charge in [0.25, 0.3) is 4.06 Å². The number of thiazole rings is 1. The summed E-state index contributed by atoms with van der Waals surface area (Å²) in [4.78, 5) is 12.3. The second kappa shape index (κ2) is 3.89. The molecule has 0 fully saturated rings. The first-order valence-corrected chi connectivity index (χ1v) is 7.32. The predicted octanol–water partition coefficient (Wildman–Crippen LogP) is 3.90. The highest BCUT2D eigenvalue weighted by molar-refractivity contribution is 7.74. The number of rotatable bonds is 1. The third-order valence-corrected chi connectivity index (χ3v) is 5.83. The maximum absolute atomic E-state index is 11.3. The molecule has 0 aliphatic rings. The molecule has 1 aromatic carbocycles. The fourth-order valence-corrected chi connectivity index (χ4v) is 5.62. The van der Waals surface area contributed by atoms with Gasteiger partial charge in [-0.2, -0.15) is 0 Å². The van der Waals surface area contributed by atoms with Crippen LogP contribution >= 0.6 is 46.2 Å². The van der Waals surface area contributed by atoms with Crippen molar-refractivity contribution in [3.63, 3.8) is 0 Å². The summed E-state index contributed by atoms with van der Waals surface area (Å²) in [5, 5.41) is 0. The summed E-state index contributed by atoms with van der Waals surface area (Å²) in [6.45, 7) is 0. The Morgan fingerprint density at radius 3 is 2.56 bits per heavy atom. The van der Waals surface area contributed by atoms with E-state index in [1.54, 1.807) is 0 Å². The largest absolute Gasteiger partial charge is 0.290 e. The number of fused-ring (bicyclic) bond motifs is 1. The van der Waals surface area contributed by atoms with E-state index in [9.17, 15) is 4.79 Å². The molecule has 0 aliphatic carbocycles. The molecule has 3 rings (SSSR count). The average molecular weight is 283 g/mol. The number of hydrogen-bond donors (Lipinski definition) is 0. The molecule has 6 heteroatoms. The van der Waals surface area contributed by atoms with Crippen LogP contribution in [0.15, 0.2) is 35.1 Å². The van der Waals surface area contributed by atoms with Crippen molar-refractivity contribution in [2.24, 2.45) is 0 Å². The van der Waals surface area contributed by atoms with Crippen molar-refractivity contribution in [1.29, 1.82) is 0 Å². The zero-order chi connectivity index (χ0) is 11.1. The molecule has 2 nitrogen and oxygen atoms in total. The van der Waals surface area contributed by atoms with E-state index in [4.69, 9.17) is 12.2 Å². The van der Waals surface area contributed by atoms with Gasteiger partial charge in [0.1, 0.15) is 8.84 Å². The zero-order valence-electron chi connectivity index (χ0n) is 7.88. The molecule has 3 aromatic rings. The van der Waals surface area contributed by atoms with Crippen LogP contribution in [0.1, 0.15) is 0 Å². The number of para-hydroxylation sites is 1. The molecule has 0 N–H and O–H groups in total. The quantitative estimate of drug-likeness (QED) is 0.632. The molecular formula is C10H5NOS4. The van der Waals surface area contributed by atoms with E-state index in [2.05, 4.69) is 0 Å². The summed E-state index contributed by atoms with van der Waals surface area (Å²) in [6.07, 6.45) is 0. The lowest BCUT2D eigenvalue weighted by Crippen LogP contribution is -1.91. The molecule has 0 bridgehead atoms. The summed E-state index contributed by atoms with van der Waals surface area (Å²) in [6, 6.07) is 9.89. The van der Waals surface area contributed by atoms with E-state index in [0.717, 1.165) is 18.5 Å². The number of nitrogens with zero attached hydrogens (tertiary/aromatic N) is 1. The third-order valence-electron chi connectivity index (χ3n) is 2.11. The van der Waals surface area contributed by atoms with Crippen LogP contribution in [-0.2, 0) is 0 Å². The maximum Gasteiger partial charge on any atom is 0.290 e. The van der Waals surface area contributed by atoms with Gasteiger partial charge in [-0.1, -0.05) is 52.2 Å². The van der Waals surface area contributed by atoms with Crippen LogP contribution in [0.2, 0.25) is 0 Å². The molecule has 2 heterocycles. The van der Waals surface area contributed by atoms with Gasteiger partial charge in [0.05, 0.1) is 0 Å². The SMILES string of the molecule is O=c1sc2sc(=S)n(-c3ccccc3)c2s1. The molecule has 0 aliphatic heterocycles. The van der Waals surface area contributed by atoms with Crippen molar-refractivity contribution in [2.45, 2.75) is 0 Å². The van der Waals surface area contributed by atoms with Crippen LogP contribution in [0.5, 0.6) is 0 Å². The third kappa shape index (κ3) is 1.58. The molecular weight excluding hydrogens is 278 g/mol. The van der Waals surface area contributed by atoms with Gasteiger partial charge in [0.15, 0.2) is 3.95 Å². The molecule has 80 valence electrons. The Balaban J connectivity index is 2.42. The van der Waals surface area contributed by atoms with Crippen molar-refractivity contribution in [3.05, 3.63) is 43.1 Å². The summed E-state index contributed by atoms with van der Waals surface area (Å²) in [5.41, 5.74) is 1.02. The molecule has 16 heavy (non-hydrogen) atoms. The van der Waals surface area contributed by atoms with Crippen molar-refractivity contribution in [3.8, 4) is 5.69 Å². The Morgan fingerprint density at radius 2 is 1.81 bits per heavy atom. The van der Waals surface area contributed by atoms with E-state index >= 15 is 0 Å². The van der Waals surface area contributed by atoms with Crippen LogP contribution in [0.4, 0.5) is 0 Å². The fourth-order valence-electron chi connectivity index (χ4n) is 1.47. The van der Waals surface area contributed by atoms with E-state index in [-0.39, 0.29) is 4.06 Å². The molecule has 0 amide bonds. The minimum atomic E-state index is 0.126. The molecule has 0 spiro atoms. The normalized spacial score (nSPS) is 11.0. The van der Waals surface area contributed by atoms with Crippen LogP contribution in [-0.4, -0.2) is 4.57 Å². The summed E-state index contributed by atoms with van der Waals surface area (Å²) in [5.74, 6) is 0. The van der Waals surface area contributed by atoms with Gasteiger partial charge in [-0.15, -0.1) is 0 Å². The minimum absolute atomic E-state index is 0.126. The first-order chi connectivity index (χ1) is 7.75. The van der Waals surface area contributed by atoms with Gasteiger partial charge >= 0.3 is 0 Å². The smallest absolute Gasteiger partial charge is 0.282 e. The van der Waals surface area contributed by atoms with Gasteiger partial charge < -0.3 is 0 Å². The Morgan fingerprint density at radius 1 is 1.06 bits per heavy atom. The van der Waals surface area contributed by atoms with Crippen LogP contribution in [0.3, 0.4) is 0 Å². The lowest BCUT2D eigenvalue weighted by molar-refractivity contribution is 1.14. The molecule has 0 unspecified atom stereocenters. The lowest BCUT2D eigenvalue weighted by Gasteiger charge is -2.01. The van der Waals surface area contributed by atoms with Gasteiger partial charge in [-0.05, 0) is 24.4 Å². The lowest BCUT2D eigenvalue weighted by atomic mass is 10.3. The summed E-state index contributed by atoms with van der Waals surface area (Å²) in [7, 11) is 0. The number of benzene rings is 1. The highest BCUT2D eigenvalue weighted by Crippen LogP contribution is 2.31. The first-order valence-electron chi connectivity index (χ1n) is 4.46. The zero-order valence-corrected chi connectivity index (χ0v) is 11.1. The molecule has 2 aromatic heterocycles. The minimum Gasteiger partial charge on any atom is -0.282 e. The van der Waals surface area contributed by atoms with Crippen molar-refractivity contribution >= 4 is 55.1 Å². The van der Waals surface area contributed by atoms with Crippen molar-refractivity contribution in [2.75, 3.05) is 0 Å². The maximum atomic E-state index is 11.3. The van der Waals surface area contributed by atoms with Crippen LogP contribution in [0, 0.1) is 3.95 Å². The topological polar surface area (TPSA) is 22.0 Å². The average Bonchev–Trinajstić information content (AvgIpc) is 2.74. The number of hydrogen-bond acceptors (Lipinski definition) is 5. The highest BCUT2D eigenvalue weighted by atomic mass is 32.2. The van der Waals surface area contributed by atoms with E-state index < -0.39 is 0 Å². The van der Waals surface area contributed by atoms with Gasteiger partial charge in [-0.25, -0.2) is 0 Å². The standard InChI is InChI=1S/C10H5NOS4/c12-10-14-7-8(16-10)15-9(13)11(7)6-4-2-1-3-5-6/h1-5H.